The molecule has 0 unspecified atom stereocenters. The first kappa shape index (κ1) is 20.2. The molecule has 20 heavy (non-hydrogen) atoms. The van der Waals surface area contributed by atoms with Crippen LogP contribution in [0.1, 0.15) is 0 Å². The van der Waals surface area contributed by atoms with Gasteiger partial charge in [0.25, 0.3) is 0 Å². The number of thioether (sulfide) groups is 3. The van der Waals surface area contributed by atoms with Crippen LogP contribution in [0.25, 0.3) is 0 Å². The smallest absolute Gasteiger partial charge is 0.344 e. The van der Waals surface area contributed by atoms with E-state index < -0.39 is 11.9 Å². The number of hydrogen-bond donors (Lipinski definition) is 2. The second-order valence-corrected chi connectivity index (χ2v) is 7.17. The van der Waals surface area contributed by atoms with Gasteiger partial charge in [0.1, 0.15) is 4.91 Å². The van der Waals surface area contributed by atoms with E-state index in [1.54, 1.807) is 0 Å². The highest BCUT2D eigenvalue weighted by Crippen LogP contribution is 2.37. The number of carbonyl (C=O) groups excluding carboxylic acids is 2. The Balaban J connectivity index is 5.22. The lowest BCUT2D eigenvalue weighted by Gasteiger charge is -2.10. The van der Waals surface area contributed by atoms with Gasteiger partial charge in [-0.2, -0.15) is 0 Å². The van der Waals surface area contributed by atoms with Gasteiger partial charge in [0.05, 0.1) is 28.3 Å². The van der Waals surface area contributed by atoms with Crippen molar-refractivity contribution in [2.45, 2.75) is 0 Å². The quantitative estimate of drug-likeness (QED) is 0.405. The molecule has 0 amide bonds. The Hall–Kier alpha value is 0.170. The molecule has 0 heterocycles. The highest BCUT2D eigenvalue weighted by atomic mass is 32.2. The number of rotatable bonds is 7. The fourth-order valence-corrected chi connectivity index (χ4v) is 4.41. The molecule has 0 aromatic carbocycles. The van der Waals surface area contributed by atoms with E-state index in [0.29, 0.717) is 0 Å². The molecule has 0 aromatic heterocycles. The van der Waals surface area contributed by atoms with E-state index in [2.05, 4.69) is 34.7 Å². The van der Waals surface area contributed by atoms with Crippen molar-refractivity contribution < 1.29 is 19.1 Å². The SMILES string of the molecule is COC(=O)/C(S)=C(/CS/C(SC)=C(\S)SC)C(=O)OC. The average molecular weight is 373 g/mol. The zero-order valence-corrected chi connectivity index (χ0v) is 15.7. The fraction of sp³-hybridized carbons (Fsp3) is 0.455. The van der Waals surface area contributed by atoms with Gasteiger partial charge in [-0.05, 0) is 12.5 Å². The number of esters is 2. The van der Waals surface area contributed by atoms with Crippen LogP contribution in [0.5, 0.6) is 0 Å². The topological polar surface area (TPSA) is 52.6 Å². The molecule has 0 aromatic rings. The van der Waals surface area contributed by atoms with Gasteiger partial charge in [0.2, 0.25) is 0 Å². The zero-order chi connectivity index (χ0) is 15.7. The van der Waals surface area contributed by atoms with Crippen molar-refractivity contribution in [2.24, 2.45) is 0 Å². The molecule has 0 rings (SSSR count). The summed E-state index contributed by atoms with van der Waals surface area (Å²) in [6.07, 6.45) is 3.83. The third kappa shape index (κ3) is 6.30. The van der Waals surface area contributed by atoms with Crippen LogP contribution in [-0.4, -0.2) is 44.4 Å². The molecule has 0 N–H and O–H groups in total. The van der Waals surface area contributed by atoms with Crippen molar-refractivity contribution in [1.29, 1.82) is 0 Å². The molecule has 0 spiro atoms. The maximum atomic E-state index is 11.7. The molecule has 0 radical (unpaired) electrons. The van der Waals surface area contributed by atoms with Crippen molar-refractivity contribution in [3.63, 3.8) is 0 Å². The molecule has 0 atom stereocenters. The Labute approximate surface area is 142 Å². The van der Waals surface area contributed by atoms with E-state index >= 15 is 0 Å². The van der Waals surface area contributed by atoms with Gasteiger partial charge in [-0.25, -0.2) is 9.59 Å². The normalized spacial score (nSPS) is 13.3. The second-order valence-electron chi connectivity index (χ2n) is 3.10. The van der Waals surface area contributed by atoms with Crippen LogP contribution in [0.4, 0.5) is 0 Å². The second kappa shape index (κ2) is 10.8. The first-order valence-corrected chi connectivity index (χ1v) is 9.48. The predicted octanol–water partition coefficient (Wildman–Crippen LogP) is 3.03. The van der Waals surface area contributed by atoms with Crippen LogP contribution in [0.15, 0.2) is 19.0 Å². The average Bonchev–Trinajstić information content (AvgIpc) is 2.48. The summed E-state index contributed by atoms with van der Waals surface area (Å²) in [7, 11) is 2.48. The first-order chi connectivity index (χ1) is 9.42. The van der Waals surface area contributed by atoms with E-state index in [9.17, 15) is 9.59 Å². The molecule has 4 nitrogen and oxygen atoms in total. The van der Waals surface area contributed by atoms with Crippen molar-refractivity contribution in [1.82, 2.24) is 0 Å². The number of thiol groups is 2. The highest BCUT2D eigenvalue weighted by Gasteiger charge is 2.20. The van der Waals surface area contributed by atoms with Crippen molar-refractivity contribution >= 4 is 72.5 Å². The standard InChI is InChI=1S/C11H16O4S5/c1-14-8(12)6(7(16)9(13)15-2)5-20-11(19-4)10(17)18-3/h16-17H,5H2,1-4H3/b7-6+,11-10+. The summed E-state index contributed by atoms with van der Waals surface area (Å²) in [6.45, 7) is 0. The number of carbonyl (C=O) groups is 2. The first-order valence-electron chi connectivity index (χ1n) is 5.15. The Kier molecular flexibility index (Phi) is 10.9. The number of methoxy groups -OCH3 is 2. The van der Waals surface area contributed by atoms with Crippen molar-refractivity contribution in [3.8, 4) is 0 Å². The molecular weight excluding hydrogens is 356 g/mol. The lowest BCUT2D eigenvalue weighted by molar-refractivity contribution is -0.138. The van der Waals surface area contributed by atoms with E-state index in [1.807, 2.05) is 12.5 Å². The maximum absolute atomic E-state index is 11.7. The fourth-order valence-electron chi connectivity index (χ4n) is 0.996. The minimum atomic E-state index is -0.667. The number of hydrogen-bond acceptors (Lipinski definition) is 9. The molecule has 0 saturated heterocycles. The minimum Gasteiger partial charge on any atom is -0.466 e. The van der Waals surface area contributed by atoms with Crippen molar-refractivity contribution in [3.05, 3.63) is 19.0 Å². The molecule has 0 aliphatic rings. The van der Waals surface area contributed by atoms with E-state index in [1.165, 1.54) is 49.5 Å². The Morgan fingerprint density at radius 1 is 1.00 bits per heavy atom. The third-order valence-corrected chi connectivity index (χ3v) is 6.70. The van der Waals surface area contributed by atoms with Crippen LogP contribution >= 0.6 is 60.5 Å². The molecule has 9 heteroatoms. The predicted molar refractivity (Wildman–Crippen MR) is 95.5 cm³/mol. The summed E-state index contributed by atoms with van der Waals surface area (Å²) >= 11 is 12.8. The molecule has 0 aliphatic carbocycles. The van der Waals surface area contributed by atoms with Crippen LogP contribution in [0.3, 0.4) is 0 Å². The molecule has 0 aliphatic heterocycles. The van der Waals surface area contributed by atoms with Gasteiger partial charge in [0.15, 0.2) is 0 Å². The lowest BCUT2D eigenvalue weighted by atomic mass is 10.3. The Morgan fingerprint density at radius 3 is 1.95 bits per heavy atom. The van der Waals surface area contributed by atoms with Crippen molar-refractivity contribution in [2.75, 3.05) is 32.5 Å². The van der Waals surface area contributed by atoms with E-state index in [4.69, 9.17) is 0 Å². The van der Waals surface area contributed by atoms with Gasteiger partial charge in [-0.1, -0.05) is 0 Å². The summed E-state index contributed by atoms with van der Waals surface area (Å²) in [6, 6.07) is 0. The summed E-state index contributed by atoms with van der Waals surface area (Å²) in [4.78, 5) is 23.1. The van der Waals surface area contributed by atoms with Crippen LogP contribution in [0, 0.1) is 0 Å². The van der Waals surface area contributed by atoms with Crippen LogP contribution in [0.2, 0.25) is 0 Å². The van der Waals surface area contributed by atoms with Gasteiger partial charge in [0, 0.05) is 5.75 Å². The largest absolute Gasteiger partial charge is 0.466 e. The van der Waals surface area contributed by atoms with Gasteiger partial charge >= 0.3 is 11.9 Å². The van der Waals surface area contributed by atoms with Gasteiger partial charge in [-0.15, -0.1) is 60.5 Å². The summed E-state index contributed by atoms with van der Waals surface area (Å²) < 4.78 is 11.0. The van der Waals surface area contributed by atoms with E-state index in [-0.39, 0.29) is 16.2 Å². The number of ether oxygens (including phenoxy) is 2. The minimum absolute atomic E-state index is 0.0443. The van der Waals surface area contributed by atoms with Crippen LogP contribution < -0.4 is 0 Å². The Morgan fingerprint density at radius 2 is 1.55 bits per heavy atom. The summed E-state index contributed by atoms with van der Waals surface area (Å²) in [5.74, 6) is -1.01. The van der Waals surface area contributed by atoms with Gasteiger partial charge < -0.3 is 9.47 Å². The zero-order valence-electron chi connectivity index (χ0n) is 11.5. The van der Waals surface area contributed by atoms with Gasteiger partial charge in [-0.3, -0.25) is 0 Å². The van der Waals surface area contributed by atoms with Crippen LogP contribution in [-0.2, 0) is 19.1 Å². The molecule has 0 saturated carbocycles. The van der Waals surface area contributed by atoms with E-state index in [0.717, 1.165) is 8.47 Å². The third-order valence-electron chi connectivity index (χ3n) is 2.00. The maximum Gasteiger partial charge on any atom is 0.344 e. The molecule has 0 bridgehead atoms. The summed E-state index contributed by atoms with van der Waals surface area (Å²) in [5, 5.41) is 0. The molecule has 0 fully saturated rings. The molecular formula is C11H16O4S5. The Bertz CT molecular complexity index is 431. The monoisotopic (exact) mass is 372 g/mol. The molecule has 114 valence electrons. The highest BCUT2D eigenvalue weighted by molar-refractivity contribution is 8.25. The summed E-state index contributed by atoms with van der Waals surface area (Å²) in [5.41, 5.74) is 0.168. The lowest BCUT2D eigenvalue weighted by Crippen LogP contribution is -2.13.